The van der Waals surface area contributed by atoms with E-state index in [9.17, 15) is 14.7 Å². The minimum Gasteiger partial charge on any atom is -0.461 e. The molecule has 1 aromatic carbocycles. The zero-order valence-electron chi connectivity index (χ0n) is 20.0. The number of Topliss-reactive ketones (excluding diaryl/α,β-unsaturated/α-hetero) is 1. The van der Waals surface area contributed by atoms with Crippen molar-refractivity contribution in [1.29, 1.82) is 0 Å². The predicted molar refractivity (Wildman–Crippen MR) is 132 cm³/mol. The Morgan fingerprint density at radius 3 is 2.50 bits per heavy atom. The molecule has 1 aliphatic rings. The van der Waals surface area contributed by atoms with Crippen LogP contribution in [0, 0.1) is 17.3 Å². The molecule has 1 N–H and O–H groups in total. The molecule has 0 amide bonds. The summed E-state index contributed by atoms with van der Waals surface area (Å²) in [6, 6.07) is 7.01. The summed E-state index contributed by atoms with van der Waals surface area (Å²) in [6.45, 7) is 10.1. The Bertz CT molecular complexity index is 851. The molecule has 0 aromatic heterocycles. The van der Waals surface area contributed by atoms with Crippen molar-refractivity contribution in [2.24, 2.45) is 17.3 Å². The molecule has 176 valence electrons. The number of esters is 1. The van der Waals surface area contributed by atoms with Crippen molar-refractivity contribution in [3.63, 3.8) is 0 Å². The van der Waals surface area contributed by atoms with E-state index in [0.717, 1.165) is 16.5 Å². The number of aliphatic hydroxyl groups is 1. The van der Waals surface area contributed by atoms with E-state index in [0.29, 0.717) is 37.2 Å². The van der Waals surface area contributed by atoms with Gasteiger partial charge in [-0.1, -0.05) is 53.6 Å². The summed E-state index contributed by atoms with van der Waals surface area (Å²) in [5.74, 6) is 0.271. The lowest BCUT2D eigenvalue weighted by Crippen LogP contribution is -2.35. The first-order chi connectivity index (χ1) is 14.9. The second-order valence-electron chi connectivity index (χ2n) is 10.00. The maximum Gasteiger partial charge on any atom is 0.338 e. The van der Waals surface area contributed by atoms with Gasteiger partial charge in [0.15, 0.2) is 0 Å². The van der Waals surface area contributed by atoms with E-state index in [1.807, 2.05) is 32.9 Å². The number of rotatable bonds is 4. The van der Waals surface area contributed by atoms with Crippen molar-refractivity contribution < 1.29 is 19.4 Å². The molecule has 0 unspecified atom stereocenters. The fourth-order valence-corrected chi connectivity index (χ4v) is 4.15. The van der Waals surface area contributed by atoms with E-state index in [-0.39, 0.29) is 18.3 Å². The average molecular weight is 505 g/mol. The third-order valence-electron chi connectivity index (χ3n) is 6.45. The molecule has 2 rings (SSSR count). The van der Waals surface area contributed by atoms with Gasteiger partial charge in [-0.3, -0.25) is 4.79 Å². The van der Waals surface area contributed by atoms with Crippen molar-refractivity contribution in [1.82, 2.24) is 0 Å². The Balaban J connectivity index is 2.24. The lowest BCUT2D eigenvalue weighted by atomic mass is 9.76. The summed E-state index contributed by atoms with van der Waals surface area (Å²) >= 11 is 3.37. The Morgan fingerprint density at radius 2 is 1.88 bits per heavy atom. The zero-order chi connectivity index (χ0) is 23.9. The van der Waals surface area contributed by atoms with Gasteiger partial charge in [-0.15, -0.1) is 0 Å². The number of hydrogen-bond donors (Lipinski definition) is 1. The average Bonchev–Trinajstić information content (AvgIpc) is 2.71. The second-order valence-corrected chi connectivity index (χ2v) is 10.9. The van der Waals surface area contributed by atoms with E-state index in [1.54, 1.807) is 24.3 Å². The van der Waals surface area contributed by atoms with Crippen LogP contribution in [0.3, 0.4) is 0 Å². The number of benzene rings is 1. The summed E-state index contributed by atoms with van der Waals surface area (Å²) in [7, 11) is 0. The van der Waals surface area contributed by atoms with Crippen molar-refractivity contribution in [3.8, 4) is 0 Å². The molecule has 0 radical (unpaired) electrons. The fraction of sp³-hybridized carbons (Fsp3) is 0.556. The molecule has 1 aromatic rings. The largest absolute Gasteiger partial charge is 0.461 e. The topological polar surface area (TPSA) is 63.6 Å². The van der Waals surface area contributed by atoms with Crippen LogP contribution in [0.25, 0.3) is 0 Å². The van der Waals surface area contributed by atoms with Gasteiger partial charge in [-0.2, -0.15) is 0 Å². The summed E-state index contributed by atoms with van der Waals surface area (Å²) in [5.41, 5.74) is -0.182. The second kappa shape index (κ2) is 11.4. The van der Waals surface area contributed by atoms with Crippen LogP contribution in [0.1, 0.15) is 77.1 Å². The first-order valence-electron chi connectivity index (χ1n) is 11.5. The quantitative estimate of drug-likeness (QED) is 0.367. The Hall–Kier alpha value is -1.72. The number of ketones is 1. The predicted octanol–water partition coefficient (Wildman–Crippen LogP) is 6.67. The van der Waals surface area contributed by atoms with Crippen molar-refractivity contribution >= 4 is 27.7 Å². The van der Waals surface area contributed by atoms with Crippen molar-refractivity contribution in [2.45, 2.75) is 72.3 Å². The van der Waals surface area contributed by atoms with Crippen LogP contribution >= 0.6 is 15.9 Å². The Labute approximate surface area is 201 Å². The van der Waals surface area contributed by atoms with Crippen molar-refractivity contribution in [2.75, 3.05) is 6.61 Å². The standard InChI is InChI=1S/C27H37BrO4/c1-19(2)21-12-15-26(4,18-32-25(30)22-8-10-23(28)11-9-22)24(29)17-20(3)7-6-14-27(5,31)16-13-21/h7-11,13,16,19,21,31H,6,12,14-15,17-18H2,1-5H3/b16-13+,20-7+/t21-,26-,27-/m1/s1. The van der Waals surface area contributed by atoms with Gasteiger partial charge in [0.2, 0.25) is 0 Å². The summed E-state index contributed by atoms with van der Waals surface area (Å²) in [6.07, 6.45) is 9.08. The highest BCUT2D eigenvalue weighted by Gasteiger charge is 2.35. The first kappa shape index (κ1) is 26.5. The molecule has 0 fully saturated rings. The summed E-state index contributed by atoms with van der Waals surface area (Å²) in [5, 5.41) is 10.7. The molecule has 1 aliphatic carbocycles. The molecule has 0 spiro atoms. The van der Waals surface area contributed by atoms with Crippen LogP contribution in [0.5, 0.6) is 0 Å². The third-order valence-corrected chi connectivity index (χ3v) is 6.97. The molecule has 5 heteroatoms. The molecule has 4 nitrogen and oxygen atoms in total. The highest BCUT2D eigenvalue weighted by molar-refractivity contribution is 9.10. The van der Waals surface area contributed by atoms with Crippen LogP contribution in [0.2, 0.25) is 0 Å². The number of allylic oxidation sites excluding steroid dienone is 3. The number of carbonyl (C=O) groups is 2. The minimum absolute atomic E-state index is 0.0558. The number of hydrogen-bond acceptors (Lipinski definition) is 4. The third kappa shape index (κ3) is 8.00. The van der Waals surface area contributed by atoms with E-state index >= 15 is 0 Å². The molecule has 0 heterocycles. The van der Waals surface area contributed by atoms with Gasteiger partial charge in [0.1, 0.15) is 12.4 Å². The summed E-state index contributed by atoms with van der Waals surface area (Å²) < 4.78 is 6.53. The number of halogens is 1. The molecular weight excluding hydrogens is 468 g/mol. The van der Waals surface area contributed by atoms with Crippen LogP contribution in [0.4, 0.5) is 0 Å². The zero-order valence-corrected chi connectivity index (χ0v) is 21.6. The Kier molecular flexibility index (Phi) is 9.47. The maximum atomic E-state index is 13.3. The monoisotopic (exact) mass is 504 g/mol. The molecule has 0 aliphatic heterocycles. The first-order valence-corrected chi connectivity index (χ1v) is 12.2. The van der Waals surface area contributed by atoms with Gasteiger partial charge < -0.3 is 9.84 Å². The molecule has 32 heavy (non-hydrogen) atoms. The van der Waals surface area contributed by atoms with Gasteiger partial charge in [-0.05, 0) is 82.6 Å². The van der Waals surface area contributed by atoms with Crippen LogP contribution in [-0.4, -0.2) is 29.1 Å². The fourth-order valence-electron chi connectivity index (χ4n) is 3.89. The Morgan fingerprint density at radius 1 is 1.22 bits per heavy atom. The number of ether oxygens (including phenoxy) is 1. The van der Waals surface area contributed by atoms with Crippen molar-refractivity contribution in [3.05, 3.63) is 58.1 Å². The highest BCUT2D eigenvalue weighted by atomic mass is 79.9. The van der Waals surface area contributed by atoms with E-state index in [1.165, 1.54) is 0 Å². The van der Waals surface area contributed by atoms with E-state index in [4.69, 9.17) is 4.74 Å². The van der Waals surface area contributed by atoms with Gasteiger partial charge in [-0.25, -0.2) is 4.79 Å². The highest BCUT2D eigenvalue weighted by Crippen LogP contribution is 2.33. The molecule has 0 saturated heterocycles. The smallest absolute Gasteiger partial charge is 0.338 e. The van der Waals surface area contributed by atoms with Gasteiger partial charge >= 0.3 is 5.97 Å². The van der Waals surface area contributed by atoms with Crippen LogP contribution < -0.4 is 0 Å². The van der Waals surface area contributed by atoms with E-state index in [2.05, 4.69) is 35.9 Å². The normalized spacial score (nSPS) is 30.4. The molecule has 0 saturated carbocycles. The lowest BCUT2D eigenvalue weighted by Gasteiger charge is -2.30. The lowest BCUT2D eigenvalue weighted by molar-refractivity contribution is -0.130. The molecular formula is C27H37BrO4. The summed E-state index contributed by atoms with van der Waals surface area (Å²) in [4.78, 5) is 25.9. The number of carbonyl (C=O) groups excluding carboxylic acids is 2. The van der Waals surface area contributed by atoms with E-state index < -0.39 is 17.0 Å². The minimum atomic E-state index is -0.870. The van der Waals surface area contributed by atoms with Crippen LogP contribution in [0.15, 0.2) is 52.5 Å². The van der Waals surface area contributed by atoms with Gasteiger partial charge in [0, 0.05) is 10.9 Å². The molecule has 3 atom stereocenters. The maximum absolute atomic E-state index is 13.3. The van der Waals surface area contributed by atoms with Gasteiger partial charge in [0.25, 0.3) is 0 Å². The SMILES string of the molecule is C/C1=C\CC[C@@](C)(O)/C=C/[C@H](C(C)C)CC[C@](C)(COC(=O)c2ccc(Br)cc2)C(=O)C1. The van der Waals surface area contributed by atoms with Crippen LogP contribution in [-0.2, 0) is 9.53 Å². The molecule has 0 bridgehead atoms. The van der Waals surface area contributed by atoms with Gasteiger partial charge in [0.05, 0.1) is 16.6 Å².